The molecule has 2 amide bonds. The van der Waals surface area contributed by atoms with Gasteiger partial charge in [0.25, 0.3) is 5.91 Å². The minimum absolute atomic E-state index is 0.00369. The molecule has 0 saturated carbocycles. The van der Waals surface area contributed by atoms with Gasteiger partial charge >= 0.3 is 5.97 Å². The van der Waals surface area contributed by atoms with Crippen LogP contribution in [0.5, 0.6) is 0 Å². The Kier molecular flexibility index (Phi) is 9.13. The Morgan fingerprint density at radius 1 is 1.03 bits per heavy atom. The monoisotopic (exact) mass is 420 g/mol. The first-order valence-electron chi connectivity index (χ1n) is 8.70. The van der Waals surface area contributed by atoms with Gasteiger partial charge < -0.3 is 20.1 Å². The van der Waals surface area contributed by atoms with Crippen molar-refractivity contribution in [1.29, 1.82) is 0 Å². The van der Waals surface area contributed by atoms with Crippen molar-refractivity contribution in [3.63, 3.8) is 0 Å². The number of carbonyl (C=O) groups excluding carboxylic acids is 3. The number of esters is 1. The van der Waals surface area contributed by atoms with Crippen LogP contribution in [0.2, 0.25) is 0 Å². The largest absolute Gasteiger partial charge is 0.452 e. The van der Waals surface area contributed by atoms with Crippen LogP contribution in [-0.2, 0) is 19.1 Å². The molecule has 0 unspecified atom stereocenters. The molecule has 7 nitrogen and oxygen atoms in total. The van der Waals surface area contributed by atoms with Gasteiger partial charge in [-0.05, 0) is 24.3 Å². The van der Waals surface area contributed by atoms with Gasteiger partial charge in [0.05, 0.1) is 23.6 Å². The van der Waals surface area contributed by atoms with Gasteiger partial charge in [-0.1, -0.05) is 24.3 Å². The Labute approximate surface area is 172 Å². The third kappa shape index (κ3) is 7.55. The predicted molar refractivity (Wildman–Crippen MR) is 107 cm³/mol. The molecule has 0 saturated heterocycles. The van der Waals surface area contributed by atoms with E-state index < -0.39 is 24.3 Å². The maximum Gasteiger partial charge on any atom is 0.339 e. The number of methoxy groups -OCH3 is 1. The molecule has 0 fully saturated rings. The molecule has 2 aromatic rings. The van der Waals surface area contributed by atoms with Gasteiger partial charge in [0.2, 0.25) is 5.91 Å². The quantitative estimate of drug-likeness (QED) is 0.348. The van der Waals surface area contributed by atoms with Crippen molar-refractivity contribution >= 4 is 35.2 Å². The summed E-state index contributed by atoms with van der Waals surface area (Å²) in [6, 6.07) is 12.3. The van der Waals surface area contributed by atoms with Crippen LogP contribution >= 0.6 is 11.8 Å². The van der Waals surface area contributed by atoms with Crippen LogP contribution in [0.4, 0.5) is 10.1 Å². The first-order chi connectivity index (χ1) is 14.0. The zero-order chi connectivity index (χ0) is 21.1. The van der Waals surface area contributed by atoms with Crippen molar-refractivity contribution in [3.05, 3.63) is 59.9 Å². The second kappa shape index (κ2) is 11.8. The van der Waals surface area contributed by atoms with E-state index in [-0.39, 0.29) is 22.9 Å². The molecule has 2 N–H and O–H groups in total. The molecule has 9 heteroatoms. The molecule has 154 valence electrons. The van der Waals surface area contributed by atoms with Crippen molar-refractivity contribution in [1.82, 2.24) is 5.32 Å². The predicted octanol–water partition coefficient (Wildman–Crippen LogP) is 2.48. The molecule has 0 aliphatic carbocycles. The number of rotatable bonds is 10. The third-order valence-electron chi connectivity index (χ3n) is 3.58. The number of ether oxygens (including phenoxy) is 2. The number of hydrogen-bond acceptors (Lipinski definition) is 6. The van der Waals surface area contributed by atoms with E-state index in [0.29, 0.717) is 18.0 Å². The van der Waals surface area contributed by atoms with Crippen LogP contribution in [0.25, 0.3) is 0 Å². The number of halogens is 1. The number of benzene rings is 2. The van der Waals surface area contributed by atoms with Crippen LogP contribution in [0, 0.1) is 5.82 Å². The van der Waals surface area contributed by atoms with Gasteiger partial charge in [-0.15, -0.1) is 11.8 Å². The van der Waals surface area contributed by atoms with E-state index in [4.69, 9.17) is 9.47 Å². The molecule has 29 heavy (non-hydrogen) atoms. The maximum absolute atomic E-state index is 13.5. The summed E-state index contributed by atoms with van der Waals surface area (Å²) in [6.07, 6.45) is 0. The molecule has 0 bridgehead atoms. The third-order valence-corrected chi connectivity index (χ3v) is 4.65. The fraction of sp³-hybridized carbons (Fsp3) is 0.250. The highest BCUT2D eigenvalue weighted by Crippen LogP contribution is 2.23. The Hall–Kier alpha value is -2.91. The average molecular weight is 420 g/mol. The van der Waals surface area contributed by atoms with Crippen molar-refractivity contribution in [2.75, 3.05) is 37.9 Å². The minimum atomic E-state index is -0.712. The average Bonchev–Trinajstić information content (AvgIpc) is 2.72. The van der Waals surface area contributed by atoms with Gasteiger partial charge in [-0.25, -0.2) is 9.18 Å². The van der Waals surface area contributed by atoms with Crippen LogP contribution in [0.1, 0.15) is 10.4 Å². The topological polar surface area (TPSA) is 93.7 Å². The number of carbonyl (C=O) groups is 3. The van der Waals surface area contributed by atoms with Gasteiger partial charge in [-0.3, -0.25) is 9.59 Å². The fourth-order valence-corrected chi connectivity index (χ4v) is 3.08. The second-order valence-electron chi connectivity index (χ2n) is 5.73. The molecule has 0 spiro atoms. The van der Waals surface area contributed by atoms with Crippen molar-refractivity contribution in [2.24, 2.45) is 0 Å². The second-order valence-corrected chi connectivity index (χ2v) is 6.75. The summed E-state index contributed by atoms with van der Waals surface area (Å²) in [4.78, 5) is 36.6. The van der Waals surface area contributed by atoms with Crippen molar-refractivity contribution < 1.29 is 28.2 Å². The smallest absolute Gasteiger partial charge is 0.339 e. The number of nitrogens with one attached hydrogen (secondary N) is 2. The Balaban J connectivity index is 1.88. The molecule has 2 rings (SSSR count). The molecule has 0 aliphatic heterocycles. The molecule has 0 aliphatic rings. The van der Waals surface area contributed by atoms with Crippen LogP contribution < -0.4 is 10.6 Å². The van der Waals surface area contributed by atoms with E-state index in [2.05, 4.69) is 10.6 Å². The van der Waals surface area contributed by atoms with Crippen molar-refractivity contribution in [3.8, 4) is 0 Å². The minimum Gasteiger partial charge on any atom is -0.452 e. The molecular weight excluding hydrogens is 399 g/mol. The van der Waals surface area contributed by atoms with Crippen molar-refractivity contribution in [2.45, 2.75) is 4.90 Å². The van der Waals surface area contributed by atoms with Gasteiger partial charge in [0.1, 0.15) is 5.82 Å². The molecule has 2 aromatic carbocycles. The number of thioether (sulfide) groups is 1. The number of para-hydroxylation sites is 1. The normalized spacial score (nSPS) is 10.3. The number of anilines is 1. The van der Waals surface area contributed by atoms with E-state index in [0.717, 1.165) is 0 Å². The summed E-state index contributed by atoms with van der Waals surface area (Å²) < 4.78 is 23.4. The summed E-state index contributed by atoms with van der Waals surface area (Å²) in [5.74, 6) is -2.04. The van der Waals surface area contributed by atoms with Crippen LogP contribution in [0.3, 0.4) is 0 Å². The fourth-order valence-electron chi connectivity index (χ4n) is 2.21. The number of amides is 2. The van der Waals surface area contributed by atoms with E-state index in [9.17, 15) is 18.8 Å². The molecule has 0 atom stereocenters. The highest BCUT2D eigenvalue weighted by molar-refractivity contribution is 8.00. The van der Waals surface area contributed by atoms with Gasteiger partial charge in [-0.2, -0.15) is 0 Å². The Bertz CT molecular complexity index is 862. The Morgan fingerprint density at radius 2 is 1.76 bits per heavy atom. The zero-order valence-electron chi connectivity index (χ0n) is 15.8. The van der Waals surface area contributed by atoms with E-state index in [1.165, 1.54) is 30.0 Å². The molecule has 0 aromatic heterocycles. The van der Waals surface area contributed by atoms with Crippen LogP contribution in [-0.4, -0.2) is 50.4 Å². The standard InChI is InChI=1S/C20H21FN2O5S/c1-27-11-10-22-19(25)13-29-17-9-5-2-6-14(17)20(26)28-12-18(24)23-16-8-4-3-7-15(16)21/h2-9H,10-13H2,1H3,(H,22,25)(H,23,24). The highest BCUT2D eigenvalue weighted by Gasteiger charge is 2.16. The van der Waals surface area contributed by atoms with Gasteiger partial charge in [0, 0.05) is 18.6 Å². The summed E-state index contributed by atoms with van der Waals surface area (Å²) in [6.45, 7) is 0.245. The summed E-state index contributed by atoms with van der Waals surface area (Å²) in [7, 11) is 1.54. The van der Waals surface area contributed by atoms with E-state index in [1.807, 2.05) is 0 Å². The van der Waals surface area contributed by atoms with E-state index >= 15 is 0 Å². The lowest BCUT2D eigenvalue weighted by Gasteiger charge is -2.10. The maximum atomic E-state index is 13.5. The summed E-state index contributed by atoms with van der Waals surface area (Å²) in [5.41, 5.74) is 0.241. The lowest BCUT2D eigenvalue weighted by molar-refractivity contribution is -0.119. The summed E-state index contributed by atoms with van der Waals surface area (Å²) in [5, 5.41) is 5.02. The first-order valence-corrected chi connectivity index (χ1v) is 9.68. The summed E-state index contributed by atoms with van der Waals surface area (Å²) >= 11 is 1.18. The van der Waals surface area contributed by atoms with E-state index in [1.54, 1.807) is 37.4 Å². The first kappa shape index (κ1) is 22.4. The van der Waals surface area contributed by atoms with Gasteiger partial charge in [0.15, 0.2) is 6.61 Å². The highest BCUT2D eigenvalue weighted by atomic mass is 32.2. The molecular formula is C20H21FN2O5S. The molecule has 0 radical (unpaired) electrons. The number of hydrogen-bond donors (Lipinski definition) is 2. The SMILES string of the molecule is COCCNC(=O)CSc1ccccc1C(=O)OCC(=O)Nc1ccccc1F. The molecule has 0 heterocycles. The van der Waals surface area contributed by atoms with Crippen LogP contribution in [0.15, 0.2) is 53.4 Å². The lowest BCUT2D eigenvalue weighted by Crippen LogP contribution is -2.28. The zero-order valence-corrected chi connectivity index (χ0v) is 16.6. The Morgan fingerprint density at radius 3 is 2.52 bits per heavy atom. The lowest BCUT2D eigenvalue weighted by atomic mass is 10.2.